The standard InChI is InChI=1S/C23H35N3O/c1-2-5-23(27)26(21-13-15-24-16-14-21)20-9-7-18(8-10-20)22-12-11-19-6-3-4-17-25(19)22/h7-10,19,21-22,24H,2-6,11-17H2,1H3/t19-,22+/m1/s1. The first-order chi connectivity index (χ1) is 13.3. The van der Waals surface area contributed by atoms with Crippen LogP contribution in [-0.4, -0.2) is 42.5 Å². The zero-order chi connectivity index (χ0) is 18.6. The van der Waals surface area contributed by atoms with Gasteiger partial charge in [0.25, 0.3) is 0 Å². The van der Waals surface area contributed by atoms with Crippen LogP contribution in [0.2, 0.25) is 0 Å². The van der Waals surface area contributed by atoms with Crippen molar-refractivity contribution >= 4 is 11.6 Å². The molecule has 2 atom stereocenters. The highest BCUT2D eigenvalue weighted by Crippen LogP contribution is 2.40. The molecule has 0 spiro atoms. The first kappa shape index (κ1) is 18.9. The van der Waals surface area contributed by atoms with Gasteiger partial charge < -0.3 is 10.2 Å². The second kappa shape index (κ2) is 8.74. The number of amides is 1. The molecule has 1 aromatic carbocycles. The van der Waals surface area contributed by atoms with Gasteiger partial charge in [0.2, 0.25) is 5.91 Å². The first-order valence-electron chi connectivity index (χ1n) is 11.2. The van der Waals surface area contributed by atoms with Crippen LogP contribution in [0.5, 0.6) is 0 Å². The molecule has 27 heavy (non-hydrogen) atoms. The molecule has 1 N–H and O–H groups in total. The van der Waals surface area contributed by atoms with Crippen molar-refractivity contribution in [1.29, 1.82) is 0 Å². The van der Waals surface area contributed by atoms with Gasteiger partial charge in [-0.1, -0.05) is 25.5 Å². The molecule has 0 aliphatic carbocycles. The molecule has 3 heterocycles. The molecule has 0 unspecified atom stereocenters. The summed E-state index contributed by atoms with van der Waals surface area (Å²) in [6.45, 7) is 5.37. The summed E-state index contributed by atoms with van der Waals surface area (Å²) in [5, 5.41) is 3.42. The predicted octanol–water partition coefficient (Wildman–Crippen LogP) is 4.26. The molecule has 3 aliphatic heterocycles. The van der Waals surface area contributed by atoms with Gasteiger partial charge in [-0.2, -0.15) is 0 Å². The topological polar surface area (TPSA) is 35.6 Å². The molecule has 1 aromatic rings. The number of hydrogen-bond acceptors (Lipinski definition) is 3. The summed E-state index contributed by atoms with van der Waals surface area (Å²) >= 11 is 0. The second-order valence-electron chi connectivity index (χ2n) is 8.57. The van der Waals surface area contributed by atoms with Gasteiger partial charge in [0, 0.05) is 30.2 Å². The molecular weight excluding hydrogens is 334 g/mol. The number of carbonyl (C=O) groups is 1. The molecule has 0 radical (unpaired) electrons. The second-order valence-corrected chi connectivity index (χ2v) is 8.57. The number of anilines is 1. The predicted molar refractivity (Wildman–Crippen MR) is 111 cm³/mol. The van der Waals surface area contributed by atoms with E-state index in [0.717, 1.165) is 44.1 Å². The van der Waals surface area contributed by atoms with Gasteiger partial charge >= 0.3 is 0 Å². The zero-order valence-corrected chi connectivity index (χ0v) is 16.8. The van der Waals surface area contributed by atoms with E-state index in [4.69, 9.17) is 0 Å². The molecule has 3 saturated heterocycles. The quantitative estimate of drug-likeness (QED) is 0.842. The molecule has 1 amide bonds. The molecule has 3 aliphatic rings. The fraction of sp³-hybridized carbons (Fsp3) is 0.696. The summed E-state index contributed by atoms with van der Waals surface area (Å²) in [5.41, 5.74) is 2.54. The minimum absolute atomic E-state index is 0.286. The molecule has 0 saturated carbocycles. The lowest BCUT2D eigenvalue weighted by atomic mass is 10.0. The van der Waals surface area contributed by atoms with Crippen LogP contribution >= 0.6 is 0 Å². The Morgan fingerprint density at radius 2 is 1.85 bits per heavy atom. The molecule has 4 heteroatoms. The number of piperidine rings is 2. The van der Waals surface area contributed by atoms with Gasteiger partial charge in [-0.25, -0.2) is 0 Å². The molecule has 4 rings (SSSR count). The smallest absolute Gasteiger partial charge is 0.227 e. The monoisotopic (exact) mass is 369 g/mol. The Hall–Kier alpha value is -1.39. The Balaban J connectivity index is 1.52. The van der Waals surface area contributed by atoms with E-state index in [-0.39, 0.29) is 5.91 Å². The van der Waals surface area contributed by atoms with Gasteiger partial charge in [-0.05, 0) is 82.3 Å². The molecule has 148 valence electrons. The first-order valence-corrected chi connectivity index (χ1v) is 11.2. The SMILES string of the molecule is CCCC(=O)N(c1ccc([C@@H]2CC[C@H]3CCCCN32)cc1)C1CCNCC1. The fourth-order valence-corrected chi connectivity index (χ4v) is 5.43. The van der Waals surface area contributed by atoms with Crippen molar-refractivity contribution in [2.24, 2.45) is 0 Å². The fourth-order valence-electron chi connectivity index (χ4n) is 5.43. The highest BCUT2D eigenvalue weighted by molar-refractivity contribution is 5.94. The third-order valence-electron chi connectivity index (χ3n) is 6.81. The number of carbonyl (C=O) groups excluding carboxylic acids is 1. The van der Waals surface area contributed by atoms with Crippen LogP contribution in [0.3, 0.4) is 0 Å². The van der Waals surface area contributed by atoms with Gasteiger partial charge in [-0.15, -0.1) is 0 Å². The number of nitrogens with one attached hydrogen (secondary N) is 1. The molecule has 0 bridgehead atoms. The summed E-state index contributed by atoms with van der Waals surface area (Å²) in [6, 6.07) is 10.7. The van der Waals surface area contributed by atoms with Crippen LogP contribution in [0.1, 0.15) is 76.3 Å². The van der Waals surface area contributed by atoms with E-state index in [0.29, 0.717) is 18.5 Å². The van der Waals surface area contributed by atoms with Crippen LogP contribution in [0.25, 0.3) is 0 Å². The van der Waals surface area contributed by atoms with E-state index in [2.05, 4.69) is 46.3 Å². The number of fused-ring (bicyclic) bond motifs is 1. The number of nitrogens with zero attached hydrogens (tertiary/aromatic N) is 2. The largest absolute Gasteiger partial charge is 0.317 e. The van der Waals surface area contributed by atoms with Crippen LogP contribution < -0.4 is 10.2 Å². The molecule has 0 aromatic heterocycles. The Morgan fingerprint density at radius 3 is 2.59 bits per heavy atom. The lowest BCUT2D eigenvalue weighted by Crippen LogP contribution is -2.46. The summed E-state index contributed by atoms with van der Waals surface area (Å²) < 4.78 is 0. The Labute approximate surface area is 164 Å². The highest BCUT2D eigenvalue weighted by Gasteiger charge is 2.35. The number of hydrogen-bond donors (Lipinski definition) is 1. The van der Waals surface area contributed by atoms with Crippen LogP contribution in [-0.2, 0) is 4.79 Å². The van der Waals surface area contributed by atoms with Gasteiger partial charge in [-0.3, -0.25) is 9.69 Å². The maximum absolute atomic E-state index is 12.9. The number of rotatable bonds is 5. The van der Waals surface area contributed by atoms with Crippen molar-refractivity contribution < 1.29 is 4.79 Å². The van der Waals surface area contributed by atoms with E-state index < -0.39 is 0 Å². The van der Waals surface area contributed by atoms with Crippen molar-refractivity contribution in [1.82, 2.24) is 10.2 Å². The van der Waals surface area contributed by atoms with Gasteiger partial charge in [0.05, 0.1) is 0 Å². The summed E-state index contributed by atoms with van der Waals surface area (Å²) in [4.78, 5) is 17.7. The minimum atomic E-state index is 0.286. The van der Waals surface area contributed by atoms with E-state index in [1.165, 1.54) is 44.2 Å². The maximum Gasteiger partial charge on any atom is 0.227 e. The average Bonchev–Trinajstić information content (AvgIpc) is 3.14. The van der Waals surface area contributed by atoms with Crippen LogP contribution in [0.4, 0.5) is 5.69 Å². The zero-order valence-electron chi connectivity index (χ0n) is 16.8. The molecule has 3 fully saturated rings. The maximum atomic E-state index is 12.9. The summed E-state index contributed by atoms with van der Waals surface area (Å²) in [6.07, 6.45) is 10.4. The van der Waals surface area contributed by atoms with Crippen LogP contribution in [0, 0.1) is 0 Å². The third-order valence-corrected chi connectivity index (χ3v) is 6.81. The lowest BCUT2D eigenvalue weighted by molar-refractivity contribution is -0.119. The van der Waals surface area contributed by atoms with Gasteiger partial charge in [0.15, 0.2) is 0 Å². The molecule has 4 nitrogen and oxygen atoms in total. The third kappa shape index (κ3) is 4.07. The highest BCUT2D eigenvalue weighted by atomic mass is 16.2. The Morgan fingerprint density at radius 1 is 1.07 bits per heavy atom. The Kier molecular flexibility index (Phi) is 6.14. The minimum Gasteiger partial charge on any atom is -0.317 e. The summed E-state index contributed by atoms with van der Waals surface area (Å²) in [5.74, 6) is 0.286. The Bertz CT molecular complexity index is 623. The normalized spacial score (nSPS) is 26.7. The average molecular weight is 370 g/mol. The van der Waals surface area contributed by atoms with E-state index >= 15 is 0 Å². The van der Waals surface area contributed by atoms with Crippen molar-refractivity contribution in [2.45, 2.75) is 82.8 Å². The van der Waals surface area contributed by atoms with Crippen molar-refractivity contribution in [3.05, 3.63) is 29.8 Å². The van der Waals surface area contributed by atoms with E-state index in [9.17, 15) is 4.79 Å². The van der Waals surface area contributed by atoms with Crippen molar-refractivity contribution in [3.8, 4) is 0 Å². The number of benzene rings is 1. The van der Waals surface area contributed by atoms with E-state index in [1.54, 1.807) is 0 Å². The van der Waals surface area contributed by atoms with Crippen molar-refractivity contribution in [3.63, 3.8) is 0 Å². The molecular formula is C23H35N3O. The van der Waals surface area contributed by atoms with E-state index in [1.807, 2.05) is 0 Å². The lowest BCUT2D eigenvalue weighted by Gasteiger charge is -2.36. The van der Waals surface area contributed by atoms with Gasteiger partial charge in [0.1, 0.15) is 0 Å². The van der Waals surface area contributed by atoms with Crippen LogP contribution in [0.15, 0.2) is 24.3 Å². The summed E-state index contributed by atoms with van der Waals surface area (Å²) in [7, 11) is 0. The van der Waals surface area contributed by atoms with Crippen molar-refractivity contribution in [2.75, 3.05) is 24.5 Å².